The molecule has 1 aliphatic heterocycles. The highest BCUT2D eigenvalue weighted by Gasteiger charge is 2.51. The van der Waals surface area contributed by atoms with Crippen molar-refractivity contribution in [1.29, 1.82) is 0 Å². The molecule has 176 valence electrons. The van der Waals surface area contributed by atoms with Crippen LogP contribution in [0.2, 0.25) is 0 Å². The molecule has 1 atom stereocenters. The molecule has 0 saturated carbocycles. The number of amides is 4. The normalized spacial score (nSPS) is 18.7. The lowest BCUT2D eigenvalue weighted by atomic mass is 9.87. The molecule has 0 radical (unpaired) electrons. The van der Waals surface area contributed by atoms with E-state index in [2.05, 4.69) is 10.6 Å². The highest BCUT2D eigenvalue weighted by atomic mass is 32.2. The molecule has 1 saturated heterocycles. The summed E-state index contributed by atoms with van der Waals surface area (Å²) in [7, 11) is -2.14. The van der Waals surface area contributed by atoms with Crippen molar-refractivity contribution in [2.24, 2.45) is 0 Å². The largest absolute Gasteiger partial charge is 0.325 e. The molecule has 0 aliphatic carbocycles. The number of urea groups is 1. The molecule has 3 rings (SSSR count). The lowest BCUT2D eigenvalue weighted by molar-refractivity contribution is -0.134. The second-order valence-corrected chi connectivity index (χ2v) is 10.1. The Balaban J connectivity index is 1.71. The maximum atomic E-state index is 13.1. The average Bonchev–Trinajstić information content (AvgIpc) is 3.04. The van der Waals surface area contributed by atoms with E-state index in [9.17, 15) is 22.8 Å². The van der Waals surface area contributed by atoms with Crippen LogP contribution in [0, 0.1) is 0 Å². The molecule has 0 unspecified atom stereocenters. The van der Waals surface area contributed by atoms with E-state index in [1.807, 2.05) is 6.07 Å². The predicted octanol–water partition coefficient (Wildman–Crippen LogP) is 2.51. The quantitative estimate of drug-likeness (QED) is 0.573. The van der Waals surface area contributed by atoms with Gasteiger partial charge in [-0.1, -0.05) is 37.3 Å². The molecule has 10 heteroatoms. The number of anilines is 1. The molecule has 0 aromatic heterocycles. The summed E-state index contributed by atoms with van der Waals surface area (Å²) in [5, 5.41) is 5.34. The van der Waals surface area contributed by atoms with Gasteiger partial charge in [0.1, 0.15) is 12.1 Å². The minimum absolute atomic E-state index is 0.0985. The monoisotopic (exact) mass is 472 g/mol. The van der Waals surface area contributed by atoms with Crippen LogP contribution in [0.3, 0.4) is 0 Å². The third-order valence-corrected chi connectivity index (χ3v) is 7.86. The number of nitrogens with zero attached hydrogens (tertiary/aromatic N) is 2. The van der Waals surface area contributed by atoms with E-state index < -0.39 is 40.0 Å². The van der Waals surface area contributed by atoms with Crippen LogP contribution in [0.1, 0.15) is 32.8 Å². The fraction of sp³-hybridized carbons (Fsp3) is 0.348. The number of imide groups is 1. The van der Waals surface area contributed by atoms with Gasteiger partial charge in [-0.2, -0.15) is 4.31 Å². The maximum absolute atomic E-state index is 13.1. The second-order valence-electron chi connectivity index (χ2n) is 8.13. The van der Waals surface area contributed by atoms with Crippen LogP contribution in [-0.2, 0) is 25.2 Å². The zero-order valence-electron chi connectivity index (χ0n) is 19.0. The second kappa shape index (κ2) is 9.32. The van der Waals surface area contributed by atoms with Gasteiger partial charge in [0.15, 0.2) is 0 Å². The number of sulfonamides is 1. The summed E-state index contributed by atoms with van der Waals surface area (Å²) in [6.07, 6.45) is 0.334. The zero-order valence-corrected chi connectivity index (χ0v) is 19.8. The molecule has 0 spiro atoms. The summed E-state index contributed by atoms with van der Waals surface area (Å²) < 4.78 is 26.4. The molecule has 33 heavy (non-hydrogen) atoms. The fourth-order valence-corrected chi connectivity index (χ4v) is 5.00. The smallest absolute Gasteiger partial charge is 0.325 e. The molecule has 2 aromatic rings. The Labute approximate surface area is 193 Å². The lowest BCUT2D eigenvalue weighted by Crippen LogP contribution is -2.44. The first kappa shape index (κ1) is 24.4. The Morgan fingerprint density at radius 1 is 1.09 bits per heavy atom. The van der Waals surface area contributed by atoms with Gasteiger partial charge in [-0.15, -0.1) is 0 Å². The number of carbonyl (C=O) groups is 3. The van der Waals surface area contributed by atoms with Crippen molar-refractivity contribution in [3.8, 4) is 0 Å². The van der Waals surface area contributed by atoms with Gasteiger partial charge in [0.05, 0.1) is 4.90 Å². The first-order chi connectivity index (χ1) is 15.5. The van der Waals surface area contributed by atoms with Gasteiger partial charge in [-0.25, -0.2) is 13.2 Å². The Morgan fingerprint density at radius 2 is 1.70 bits per heavy atom. The fourth-order valence-electron chi connectivity index (χ4n) is 3.63. The Hall–Kier alpha value is -3.24. The molecule has 2 aromatic carbocycles. The first-order valence-corrected chi connectivity index (χ1v) is 12.0. The van der Waals surface area contributed by atoms with Gasteiger partial charge < -0.3 is 10.6 Å². The standard InChI is InChI=1S/C23H28N4O5S/c1-5-23(17-9-7-6-8-10-17)21(29)27(22(30)25-23)15-20(28)24-18-11-13-19(14-12-18)33(31,32)26(4)16(2)3/h6-14,16H,5,15H2,1-4H3,(H,24,28)(H,25,30)/t23-/m0/s1. The number of hydrogen-bond donors (Lipinski definition) is 2. The number of benzene rings is 2. The summed E-state index contributed by atoms with van der Waals surface area (Å²) in [6, 6.07) is 13.8. The minimum atomic E-state index is -3.64. The van der Waals surface area contributed by atoms with Crippen LogP contribution in [0.15, 0.2) is 59.5 Å². The third kappa shape index (κ3) is 4.62. The van der Waals surface area contributed by atoms with E-state index in [-0.39, 0.29) is 10.9 Å². The van der Waals surface area contributed by atoms with E-state index in [0.29, 0.717) is 17.7 Å². The van der Waals surface area contributed by atoms with Gasteiger partial charge in [0, 0.05) is 18.8 Å². The SMILES string of the molecule is CC[C@@]1(c2ccccc2)NC(=O)N(CC(=O)Nc2ccc(S(=O)(=O)N(C)C(C)C)cc2)C1=O. The molecule has 9 nitrogen and oxygen atoms in total. The average molecular weight is 473 g/mol. The Bertz CT molecular complexity index is 1150. The van der Waals surface area contributed by atoms with E-state index in [1.54, 1.807) is 45.0 Å². The van der Waals surface area contributed by atoms with Crippen LogP contribution in [0.4, 0.5) is 10.5 Å². The summed E-state index contributed by atoms with van der Waals surface area (Å²) in [5.41, 5.74) is -0.211. The van der Waals surface area contributed by atoms with Crippen molar-refractivity contribution in [3.05, 3.63) is 60.2 Å². The van der Waals surface area contributed by atoms with E-state index in [1.165, 1.54) is 35.6 Å². The number of rotatable bonds is 8. The summed E-state index contributed by atoms with van der Waals surface area (Å²) in [6.45, 7) is 4.87. The van der Waals surface area contributed by atoms with E-state index in [4.69, 9.17) is 0 Å². The van der Waals surface area contributed by atoms with Crippen molar-refractivity contribution in [2.75, 3.05) is 18.9 Å². The molecule has 0 bridgehead atoms. The third-order valence-electron chi connectivity index (χ3n) is 5.82. The Morgan fingerprint density at radius 3 is 2.24 bits per heavy atom. The summed E-state index contributed by atoms with van der Waals surface area (Å²) in [4.78, 5) is 39.2. The van der Waals surface area contributed by atoms with E-state index >= 15 is 0 Å². The topological polar surface area (TPSA) is 116 Å². The van der Waals surface area contributed by atoms with Crippen LogP contribution in [0.25, 0.3) is 0 Å². The molecule has 2 N–H and O–H groups in total. The van der Waals surface area contributed by atoms with Crippen molar-refractivity contribution >= 4 is 33.6 Å². The van der Waals surface area contributed by atoms with Crippen LogP contribution in [-0.4, -0.2) is 55.1 Å². The van der Waals surface area contributed by atoms with Crippen molar-refractivity contribution < 1.29 is 22.8 Å². The van der Waals surface area contributed by atoms with Gasteiger partial charge >= 0.3 is 6.03 Å². The van der Waals surface area contributed by atoms with Crippen molar-refractivity contribution in [2.45, 2.75) is 43.7 Å². The minimum Gasteiger partial charge on any atom is -0.325 e. The van der Waals surface area contributed by atoms with Gasteiger partial charge in [0.25, 0.3) is 5.91 Å². The lowest BCUT2D eigenvalue weighted by Gasteiger charge is -2.25. The zero-order chi connectivity index (χ0) is 24.4. The molecule has 1 heterocycles. The highest BCUT2D eigenvalue weighted by molar-refractivity contribution is 7.89. The van der Waals surface area contributed by atoms with Crippen molar-refractivity contribution in [1.82, 2.24) is 14.5 Å². The molecule has 4 amide bonds. The van der Waals surface area contributed by atoms with E-state index in [0.717, 1.165) is 4.90 Å². The molecule has 1 aliphatic rings. The first-order valence-electron chi connectivity index (χ1n) is 10.6. The summed E-state index contributed by atoms with van der Waals surface area (Å²) >= 11 is 0. The van der Waals surface area contributed by atoms with Gasteiger partial charge in [-0.05, 0) is 50.1 Å². The highest BCUT2D eigenvalue weighted by Crippen LogP contribution is 2.32. The number of carbonyl (C=O) groups excluding carboxylic acids is 3. The molecular weight excluding hydrogens is 444 g/mol. The number of hydrogen-bond acceptors (Lipinski definition) is 5. The molecular formula is C23H28N4O5S. The predicted molar refractivity (Wildman–Crippen MR) is 124 cm³/mol. The van der Waals surface area contributed by atoms with Gasteiger partial charge in [-0.3, -0.25) is 14.5 Å². The van der Waals surface area contributed by atoms with Crippen LogP contribution >= 0.6 is 0 Å². The Kier molecular flexibility index (Phi) is 6.89. The summed E-state index contributed by atoms with van der Waals surface area (Å²) in [5.74, 6) is -1.07. The van der Waals surface area contributed by atoms with Gasteiger partial charge in [0.2, 0.25) is 15.9 Å². The van der Waals surface area contributed by atoms with Crippen LogP contribution in [0.5, 0.6) is 0 Å². The molecule has 1 fully saturated rings. The number of nitrogens with one attached hydrogen (secondary N) is 2. The van der Waals surface area contributed by atoms with Crippen LogP contribution < -0.4 is 10.6 Å². The van der Waals surface area contributed by atoms with Crippen molar-refractivity contribution in [3.63, 3.8) is 0 Å². The maximum Gasteiger partial charge on any atom is 0.325 e.